The molecule has 2 aromatic heterocycles. The van der Waals surface area contributed by atoms with Gasteiger partial charge in [-0.1, -0.05) is 23.5 Å². The maximum absolute atomic E-state index is 13.0. The number of anilines is 1. The predicted molar refractivity (Wildman–Crippen MR) is 97.1 cm³/mol. The molecule has 0 atom stereocenters. The number of halogens is 3. The molecule has 27 heavy (non-hydrogen) atoms. The molecule has 0 radical (unpaired) electrons. The van der Waals surface area contributed by atoms with Crippen LogP contribution in [-0.2, 0) is 10.9 Å². The van der Waals surface area contributed by atoms with Gasteiger partial charge >= 0.3 is 6.18 Å². The number of aromatic nitrogens is 3. The summed E-state index contributed by atoms with van der Waals surface area (Å²) in [4.78, 5) is 7.22. The molecule has 0 amide bonds. The molecule has 0 aliphatic carbocycles. The number of nitrogens with one attached hydrogen (secondary N) is 1. The Morgan fingerprint density at radius 1 is 1.22 bits per heavy atom. The fourth-order valence-corrected chi connectivity index (χ4v) is 3.76. The Labute approximate surface area is 157 Å². The van der Waals surface area contributed by atoms with Gasteiger partial charge in [-0.15, -0.1) is 5.10 Å². The molecule has 6 nitrogen and oxygen atoms in total. The highest BCUT2D eigenvalue weighted by molar-refractivity contribution is 7.20. The van der Waals surface area contributed by atoms with Crippen molar-refractivity contribution in [3.63, 3.8) is 0 Å². The Bertz CT molecular complexity index is 917. The number of hydrogen-bond donors (Lipinski definition) is 1. The summed E-state index contributed by atoms with van der Waals surface area (Å²) >= 11 is 1.37. The second kappa shape index (κ2) is 7.45. The van der Waals surface area contributed by atoms with E-state index in [0.717, 1.165) is 51.5 Å². The average molecular weight is 397 g/mol. The van der Waals surface area contributed by atoms with Crippen LogP contribution >= 0.6 is 11.3 Å². The first kappa shape index (κ1) is 18.2. The van der Waals surface area contributed by atoms with Gasteiger partial charge in [-0.2, -0.15) is 13.2 Å². The van der Waals surface area contributed by atoms with Gasteiger partial charge in [0.25, 0.3) is 0 Å². The average Bonchev–Trinajstić information content (AvgIpc) is 3.22. The number of ether oxygens (including phenoxy) is 1. The number of benzene rings is 1. The third kappa shape index (κ3) is 4.07. The van der Waals surface area contributed by atoms with E-state index in [-0.39, 0.29) is 0 Å². The van der Waals surface area contributed by atoms with Gasteiger partial charge in [-0.3, -0.25) is 4.90 Å². The molecule has 1 aliphatic heterocycles. The van der Waals surface area contributed by atoms with Crippen LogP contribution in [0, 0.1) is 0 Å². The first-order chi connectivity index (χ1) is 13.0. The smallest absolute Gasteiger partial charge is 0.379 e. The van der Waals surface area contributed by atoms with Gasteiger partial charge in [-0.05, 0) is 12.1 Å². The molecule has 1 aliphatic rings. The summed E-state index contributed by atoms with van der Waals surface area (Å²) in [5, 5.41) is 8.42. The van der Waals surface area contributed by atoms with Crippen LogP contribution in [0.5, 0.6) is 0 Å². The van der Waals surface area contributed by atoms with Gasteiger partial charge < -0.3 is 10.1 Å². The van der Waals surface area contributed by atoms with Crippen molar-refractivity contribution in [2.45, 2.75) is 6.18 Å². The van der Waals surface area contributed by atoms with Crippen molar-refractivity contribution in [1.29, 1.82) is 0 Å². The summed E-state index contributed by atoms with van der Waals surface area (Å²) < 4.78 is 45.8. The van der Waals surface area contributed by atoms with Crippen molar-refractivity contribution in [3.05, 3.63) is 36.0 Å². The van der Waals surface area contributed by atoms with E-state index in [1.54, 1.807) is 16.8 Å². The topological polar surface area (TPSA) is 54.7 Å². The highest BCUT2D eigenvalue weighted by Crippen LogP contribution is 2.33. The molecule has 0 spiro atoms. The number of morpholine rings is 1. The Kier molecular flexibility index (Phi) is 5.02. The van der Waals surface area contributed by atoms with E-state index in [2.05, 4.69) is 20.3 Å². The van der Waals surface area contributed by atoms with Crippen molar-refractivity contribution in [3.8, 4) is 11.3 Å². The molecule has 3 heterocycles. The third-order valence-corrected chi connectivity index (χ3v) is 5.26. The summed E-state index contributed by atoms with van der Waals surface area (Å²) in [5.41, 5.74) is 0.283. The quantitative estimate of drug-likeness (QED) is 0.717. The maximum atomic E-state index is 13.0. The van der Waals surface area contributed by atoms with Crippen LogP contribution in [-0.4, -0.2) is 58.9 Å². The Morgan fingerprint density at radius 3 is 2.81 bits per heavy atom. The summed E-state index contributed by atoms with van der Waals surface area (Å²) in [6.07, 6.45) is -2.83. The van der Waals surface area contributed by atoms with Crippen LogP contribution in [0.3, 0.4) is 0 Å². The second-order valence-electron chi connectivity index (χ2n) is 6.20. The lowest BCUT2D eigenvalue weighted by molar-refractivity contribution is -0.137. The van der Waals surface area contributed by atoms with Crippen molar-refractivity contribution in [2.75, 3.05) is 44.7 Å². The van der Waals surface area contributed by atoms with Crippen molar-refractivity contribution < 1.29 is 17.9 Å². The van der Waals surface area contributed by atoms with Crippen LogP contribution < -0.4 is 5.32 Å². The first-order valence-electron chi connectivity index (χ1n) is 8.57. The molecule has 1 saturated heterocycles. The summed E-state index contributed by atoms with van der Waals surface area (Å²) in [5.74, 6) is 0. The normalized spacial score (nSPS) is 16.1. The van der Waals surface area contributed by atoms with E-state index in [0.29, 0.717) is 21.3 Å². The van der Waals surface area contributed by atoms with E-state index in [1.807, 2.05) is 0 Å². The Morgan fingerprint density at radius 2 is 2.04 bits per heavy atom. The largest absolute Gasteiger partial charge is 0.416 e. The van der Waals surface area contributed by atoms with Gasteiger partial charge in [0.15, 0.2) is 0 Å². The highest BCUT2D eigenvalue weighted by atomic mass is 32.1. The van der Waals surface area contributed by atoms with Gasteiger partial charge in [-0.25, -0.2) is 9.50 Å². The minimum atomic E-state index is -4.38. The second-order valence-corrected chi connectivity index (χ2v) is 7.16. The van der Waals surface area contributed by atoms with E-state index in [4.69, 9.17) is 4.74 Å². The number of nitrogens with zero attached hydrogens (tertiary/aromatic N) is 4. The molecular formula is C17H18F3N5OS. The van der Waals surface area contributed by atoms with Crippen LogP contribution in [0.25, 0.3) is 16.2 Å². The molecule has 144 valence electrons. The molecule has 0 unspecified atom stereocenters. The predicted octanol–water partition coefficient (Wildman–Crippen LogP) is 3.22. The highest BCUT2D eigenvalue weighted by Gasteiger charge is 2.30. The van der Waals surface area contributed by atoms with Crippen LogP contribution in [0.2, 0.25) is 0 Å². The molecule has 0 saturated carbocycles. The summed E-state index contributed by atoms with van der Waals surface area (Å²) in [6, 6.07) is 5.20. The zero-order valence-electron chi connectivity index (χ0n) is 14.4. The van der Waals surface area contributed by atoms with Gasteiger partial charge in [0.2, 0.25) is 10.1 Å². The fourth-order valence-electron chi connectivity index (χ4n) is 2.96. The fraction of sp³-hybridized carbons (Fsp3) is 0.412. The summed E-state index contributed by atoms with van der Waals surface area (Å²) in [6.45, 7) is 4.96. The van der Waals surface area contributed by atoms with Crippen LogP contribution in [0.4, 0.5) is 18.3 Å². The minimum Gasteiger partial charge on any atom is -0.379 e. The molecule has 4 rings (SSSR count). The molecular weight excluding hydrogens is 379 g/mol. The summed E-state index contributed by atoms with van der Waals surface area (Å²) in [7, 11) is 0. The Balaban J connectivity index is 1.49. The number of imidazole rings is 1. The van der Waals surface area contributed by atoms with Crippen LogP contribution in [0.1, 0.15) is 5.56 Å². The number of fused-ring (bicyclic) bond motifs is 1. The lowest BCUT2D eigenvalue weighted by Gasteiger charge is -2.26. The first-order valence-corrected chi connectivity index (χ1v) is 9.38. The molecule has 0 bridgehead atoms. The SMILES string of the molecule is FC(F)(F)c1cccc(-c2cnc3sc(NCCN4CCOCC4)nn23)c1. The van der Waals surface area contributed by atoms with E-state index in [9.17, 15) is 13.2 Å². The molecule has 1 N–H and O–H groups in total. The van der Waals surface area contributed by atoms with Crippen molar-refractivity contribution >= 4 is 21.4 Å². The number of alkyl halides is 3. The Hall–Kier alpha value is -2.17. The van der Waals surface area contributed by atoms with E-state index < -0.39 is 11.7 Å². The van der Waals surface area contributed by atoms with Gasteiger partial charge in [0.1, 0.15) is 0 Å². The third-order valence-electron chi connectivity index (χ3n) is 4.38. The van der Waals surface area contributed by atoms with Gasteiger partial charge in [0.05, 0.1) is 30.7 Å². The monoisotopic (exact) mass is 397 g/mol. The van der Waals surface area contributed by atoms with Crippen LogP contribution in [0.15, 0.2) is 30.5 Å². The van der Waals surface area contributed by atoms with Crippen molar-refractivity contribution in [1.82, 2.24) is 19.5 Å². The standard InChI is InChI=1S/C17H18F3N5OS/c18-17(19,20)13-3-1-2-12(10-13)14-11-22-16-25(14)23-15(27-16)21-4-5-24-6-8-26-9-7-24/h1-3,10-11H,4-9H2,(H,21,23). The zero-order valence-corrected chi connectivity index (χ0v) is 15.2. The van der Waals surface area contributed by atoms with Gasteiger partial charge in [0, 0.05) is 31.7 Å². The molecule has 3 aromatic rings. The molecule has 1 fully saturated rings. The van der Waals surface area contributed by atoms with E-state index >= 15 is 0 Å². The number of hydrogen-bond acceptors (Lipinski definition) is 6. The number of rotatable bonds is 5. The minimum absolute atomic E-state index is 0.433. The lowest BCUT2D eigenvalue weighted by atomic mass is 10.1. The van der Waals surface area contributed by atoms with E-state index in [1.165, 1.54) is 17.4 Å². The molecule has 1 aromatic carbocycles. The van der Waals surface area contributed by atoms with Crippen molar-refractivity contribution in [2.24, 2.45) is 0 Å². The maximum Gasteiger partial charge on any atom is 0.416 e. The molecule has 10 heteroatoms. The lowest BCUT2D eigenvalue weighted by Crippen LogP contribution is -2.39. The zero-order chi connectivity index (χ0) is 18.9.